The highest BCUT2D eigenvalue weighted by molar-refractivity contribution is 5.90. The number of aliphatic hydroxyl groups is 2. The second kappa shape index (κ2) is 11.4. The normalized spacial score (nSPS) is 46.8. The molecular formula is C36H58N2O6. The van der Waals surface area contributed by atoms with Gasteiger partial charge in [0.05, 0.1) is 31.8 Å². The molecule has 0 radical (unpaired) electrons. The third-order valence-electron chi connectivity index (χ3n) is 15.0. The van der Waals surface area contributed by atoms with E-state index in [1.54, 1.807) is 6.92 Å². The second-order valence-electron chi connectivity index (χ2n) is 16.6. The molecule has 5 rings (SSSR count). The van der Waals surface area contributed by atoms with Gasteiger partial charge in [0, 0.05) is 5.41 Å². The van der Waals surface area contributed by atoms with Crippen molar-refractivity contribution in [1.29, 1.82) is 0 Å². The lowest BCUT2D eigenvalue weighted by atomic mass is 9.32. The van der Waals surface area contributed by atoms with E-state index in [0.717, 1.165) is 69.8 Å². The lowest BCUT2D eigenvalue weighted by molar-refractivity contribution is -0.252. The fourth-order valence-corrected chi connectivity index (χ4v) is 12.4. The summed E-state index contributed by atoms with van der Waals surface area (Å²) in [6.45, 7) is 17.6. The number of hydrogen-bond donors (Lipinski definition) is 4. The van der Waals surface area contributed by atoms with E-state index in [2.05, 4.69) is 51.8 Å². The van der Waals surface area contributed by atoms with E-state index in [4.69, 9.17) is 4.74 Å². The number of carbonyl (C=O) groups excluding carboxylic acids is 3. The Hall–Kier alpha value is -1.93. The van der Waals surface area contributed by atoms with E-state index in [-0.39, 0.29) is 53.1 Å². The second-order valence-corrected chi connectivity index (χ2v) is 16.6. The van der Waals surface area contributed by atoms with Crippen molar-refractivity contribution in [2.45, 2.75) is 118 Å². The van der Waals surface area contributed by atoms with Crippen molar-refractivity contribution < 1.29 is 29.3 Å². The minimum atomic E-state index is -0.777. The van der Waals surface area contributed by atoms with Crippen LogP contribution in [0.15, 0.2) is 12.2 Å². The van der Waals surface area contributed by atoms with Gasteiger partial charge < -0.3 is 25.6 Å². The first kappa shape index (κ1) is 33.4. The predicted molar refractivity (Wildman–Crippen MR) is 169 cm³/mol. The molecule has 4 N–H and O–H groups in total. The number of methoxy groups -OCH3 is 1. The third kappa shape index (κ3) is 4.62. The first-order chi connectivity index (χ1) is 20.6. The number of carbonyl (C=O) groups is 3. The van der Waals surface area contributed by atoms with Crippen molar-refractivity contribution in [3.63, 3.8) is 0 Å². The van der Waals surface area contributed by atoms with Crippen LogP contribution in [-0.2, 0) is 19.1 Å². The quantitative estimate of drug-likeness (QED) is 0.242. The molecule has 5 aliphatic carbocycles. The molecule has 8 heteroatoms. The summed E-state index contributed by atoms with van der Waals surface area (Å²) < 4.78 is 4.71. The number of esters is 1. The van der Waals surface area contributed by atoms with Crippen LogP contribution in [0.3, 0.4) is 0 Å². The average molecular weight is 615 g/mol. The molecule has 5 saturated carbocycles. The van der Waals surface area contributed by atoms with Crippen molar-refractivity contribution in [1.82, 2.24) is 10.6 Å². The van der Waals surface area contributed by atoms with Gasteiger partial charge in [0.25, 0.3) is 0 Å². The molecule has 5 fully saturated rings. The van der Waals surface area contributed by atoms with Gasteiger partial charge in [-0.3, -0.25) is 9.59 Å². The smallest absolute Gasteiger partial charge is 0.328 e. The highest BCUT2D eigenvalue weighted by atomic mass is 16.5. The van der Waals surface area contributed by atoms with Gasteiger partial charge in [0.2, 0.25) is 11.8 Å². The summed E-state index contributed by atoms with van der Waals surface area (Å²) in [5.74, 6) is 0.662. The molecule has 8 nitrogen and oxygen atoms in total. The first-order valence-electron chi connectivity index (χ1n) is 17.2. The van der Waals surface area contributed by atoms with Gasteiger partial charge in [0.15, 0.2) is 0 Å². The van der Waals surface area contributed by atoms with Crippen molar-refractivity contribution in [3.05, 3.63) is 12.2 Å². The lowest BCUT2D eigenvalue weighted by Crippen LogP contribution is -2.68. The van der Waals surface area contributed by atoms with Crippen molar-refractivity contribution >= 4 is 17.8 Å². The summed E-state index contributed by atoms with van der Waals surface area (Å²) in [6, 6.07) is -0.777. The maximum Gasteiger partial charge on any atom is 0.328 e. The monoisotopic (exact) mass is 614 g/mol. The third-order valence-corrected chi connectivity index (χ3v) is 15.0. The Bertz CT molecular complexity index is 1190. The zero-order chi connectivity index (χ0) is 32.5. The van der Waals surface area contributed by atoms with Crippen LogP contribution in [-0.4, -0.2) is 60.4 Å². The molecule has 12 atom stereocenters. The molecule has 44 heavy (non-hydrogen) atoms. The number of nitrogens with one attached hydrogen (secondary N) is 2. The molecule has 0 saturated heterocycles. The van der Waals surface area contributed by atoms with Crippen LogP contribution in [0.4, 0.5) is 0 Å². The van der Waals surface area contributed by atoms with Gasteiger partial charge in [-0.2, -0.15) is 0 Å². The minimum Gasteiger partial charge on any atom is -0.467 e. The summed E-state index contributed by atoms with van der Waals surface area (Å²) in [6.07, 6.45) is 9.07. The Kier molecular flexibility index (Phi) is 8.66. The van der Waals surface area contributed by atoms with E-state index in [0.29, 0.717) is 11.8 Å². The van der Waals surface area contributed by atoms with E-state index < -0.39 is 34.9 Å². The molecule has 0 heterocycles. The molecule has 5 aliphatic rings. The standard InChI is InChI=1S/C36H58N2O6/c1-21(2)23-11-16-36(31(43)37-19-28(41)38-22(3)30(42)44-8)18-17-34(6)24(29(23)36)9-10-26-32(4)14-13-27(40)33(5,20-39)25(32)12-15-35(26,34)7/h22-27,29,39-40H,1,9-20H2,2-8H3,(H,37,43)(H,38,41)/t22-,23-,24?,25?,26?,27-,29?,32-,33-,34+,35+,36-/m0/s1. The summed E-state index contributed by atoms with van der Waals surface area (Å²) in [7, 11) is 1.28. The minimum absolute atomic E-state index is 0.0252. The van der Waals surface area contributed by atoms with Crippen LogP contribution in [0, 0.1) is 56.7 Å². The SMILES string of the molecule is C=C(C)[C@@H]1CC[C@]2(C(=O)NCC(=O)N[C@@H](C)C(=O)OC)CC[C@]3(C)C(CCC4[C@@]5(C)CC[C@H](O)[C@@](C)(CO)C5CC[C@]43C)C12. The van der Waals surface area contributed by atoms with E-state index in [1.807, 2.05) is 0 Å². The fourth-order valence-electron chi connectivity index (χ4n) is 12.4. The van der Waals surface area contributed by atoms with Crippen molar-refractivity contribution in [3.8, 4) is 0 Å². The molecule has 0 aromatic heterocycles. The molecule has 0 spiro atoms. The number of aliphatic hydroxyl groups excluding tert-OH is 2. The van der Waals surface area contributed by atoms with Crippen LogP contribution < -0.4 is 10.6 Å². The number of rotatable bonds is 7. The summed E-state index contributed by atoms with van der Waals surface area (Å²) in [4.78, 5) is 38.6. The fraction of sp³-hybridized carbons (Fsp3) is 0.861. The maximum absolute atomic E-state index is 14.2. The molecule has 0 aliphatic heterocycles. The van der Waals surface area contributed by atoms with Crippen molar-refractivity contribution in [2.75, 3.05) is 20.3 Å². The number of allylic oxidation sites excluding steroid dienone is 1. The lowest BCUT2D eigenvalue weighted by Gasteiger charge is -2.73. The van der Waals surface area contributed by atoms with Gasteiger partial charge in [-0.25, -0.2) is 4.79 Å². The average Bonchev–Trinajstić information content (AvgIpc) is 3.39. The number of fused-ring (bicyclic) bond motifs is 7. The zero-order valence-corrected chi connectivity index (χ0v) is 28.3. The molecule has 0 aromatic carbocycles. The molecule has 248 valence electrons. The Labute approximate surface area is 264 Å². The van der Waals surface area contributed by atoms with Gasteiger partial charge in [-0.15, -0.1) is 0 Å². The van der Waals surface area contributed by atoms with Crippen molar-refractivity contribution in [2.24, 2.45) is 56.7 Å². The highest BCUT2D eigenvalue weighted by Gasteiger charge is 2.72. The van der Waals surface area contributed by atoms with Crippen LogP contribution >= 0.6 is 0 Å². The molecule has 2 amide bonds. The maximum atomic E-state index is 14.2. The number of ether oxygens (including phenoxy) is 1. The van der Waals surface area contributed by atoms with Gasteiger partial charge in [-0.1, -0.05) is 39.8 Å². The highest BCUT2D eigenvalue weighted by Crippen LogP contribution is 2.77. The molecular weight excluding hydrogens is 556 g/mol. The Morgan fingerprint density at radius 2 is 1.64 bits per heavy atom. The Balaban J connectivity index is 1.42. The topological polar surface area (TPSA) is 125 Å². The van der Waals surface area contributed by atoms with E-state index in [1.165, 1.54) is 7.11 Å². The van der Waals surface area contributed by atoms with Crippen LogP contribution in [0.5, 0.6) is 0 Å². The van der Waals surface area contributed by atoms with E-state index in [9.17, 15) is 24.6 Å². The summed E-state index contributed by atoms with van der Waals surface area (Å²) in [5.41, 5.74) is 0.354. The van der Waals surface area contributed by atoms with Gasteiger partial charge >= 0.3 is 5.97 Å². The zero-order valence-electron chi connectivity index (χ0n) is 28.3. The van der Waals surface area contributed by atoms with Crippen LogP contribution in [0.1, 0.15) is 106 Å². The summed E-state index contributed by atoms with van der Waals surface area (Å²) >= 11 is 0. The van der Waals surface area contributed by atoms with E-state index >= 15 is 0 Å². The first-order valence-corrected chi connectivity index (χ1v) is 17.2. The largest absolute Gasteiger partial charge is 0.467 e. The van der Waals surface area contributed by atoms with Gasteiger partial charge in [-0.05, 0) is 124 Å². The predicted octanol–water partition coefficient (Wildman–Crippen LogP) is 4.77. The van der Waals surface area contributed by atoms with Gasteiger partial charge in [0.1, 0.15) is 6.04 Å². The van der Waals surface area contributed by atoms with Crippen LogP contribution in [0.2, 0.25) is 0 Å². The molecule has 0 aromatic rings. The molecule has 4 unspecified atom stereocenters. The number of amides is 2. The van der Waals surface area contributed by atoms with Crippen LogP contribution in [0.25, 0.3) is 0 Å². The molecule has 0 bridgehead atoms. The number of hydrogen-bond acceptors (Lipinski definition) is 6. The summed E-state index contributed by atoms with van der Waals surface area (Å²) in [5, 5.41) is 27.2. The Morgan fingerprint density at radius 3 is 2.27 bits per heavy atom. The Morgan fingerprint density at radius 1 is 0.932 bits per heavy atom.